The molecule has 0 bridgehead atoms. The molecule has 0 spiro atoms. The minimum atomic E-state index is -3.83. The number of ether oxygens (including phenoxy) is 3. The smallest absolute Gasteiger partial charge is 0.252 e. The fourth-order valence-corrected chi connectivity index (χ4v) is 6.40. The first-order chi connectivity index (χ1) is 16.5. The molecule has 180 valence electrons. The molecule has 0 saturated heterocycles. The minimum absolute atomic E-state index is 0.00125. The number of H-pyrrole nitrogens is 1. The first-order valence-electron chi connectivity index (χ1n) is 11.6. The molecule has 0 radical (unpaired) electrons. The van der Waals surface area contributed by atoms with Gasteiger partial charge in [0.25, 0.3) is 5.56 Å². The Balaban J connectivity index is 1.54. The first-order valence-corrected chi connectivity index (χ1v) is 13.0. The highest BCUT2D eigenvalue weighted by molar-refractivity contribution is 7.89. The van der Waals surface area contributed by atoms with Gasteiger partial charge in [-0.1, -0.05) is 19.3 Å². The maximum absolute atomic E-state index is 13.7. The van der Waals surface area contributed by atoms with Crippen molar-refractivity contribution in [2.45, 2.75) is 49.6 Å². The van der Waals surface area contributed by atoms with Gasteiger partial charge in [0.1, 0.15) is 19.0 Å². The van der Waals surface area contributed by atoms with E-state index in [0.29, 0.717) is 41.5 Å². The molecule has 0 atom stereocenters. The number of sulfonamides is 1. The average Bonchev–Trinajstić information content (AvgIpc) is 2.86. The second-order valence-corrected chi connectivity index (χ2v) is 10.6. The van der Waals surface area contributed by atoms with Gasteiger partial charge in [-0.3, -0.25) is 4.79 Å². The zero-order valence-corrected chi connectivity index (χ0v) is 19.9. The molecular weight excluding hydrogens is 456 g/mol. The van der Waals surface area contributed by atoms with E-state index in [1.54, 1.807) is 36.4 Å². The number of rotatable bonds is 6. The van der Waals surface area contributed by atoms with Gasteiger partial charge in [0.2, 0.25) is 10.0 Å². The number of hydrogen-bond donors (Lipinski definition) is 1. The van der Waals surface area contributed by atoms with Crippen LogP contribution in [0.1, 0.15) is 37.7 Å². The fourth-order valence-electron chi connectivity index (χ4n) is 4.74. The molecule has 2 aromatic carbocycles. The topological polar surface area (TPSA) is 97.9 Å². The standard InChI is InChI=1S/C25H28N2O6S/c1-31-20-7-9-21(10-8-20)34(29,30)27(19-5-3-2-4-6-19)16-18-13-17-14-23-24(33-12-11-32-23)15-22(17)26-25(18)28/h7-10,13-15,19H,2-6,11-12,16H2,1H3,(H,26,28). The maximum atomic E-state index is 13.7. The van der Waals surface area contributed by atoms with Crippen molar-refractivity contribution < 1.29 is 22.6 Å². The second-order valence-electron chi connectivity index (χ2n) is 8.72. The van der Waals surface area contributed by atoms with Gasteiger partial charge in [0.15, 0.2) is 11.5 Å². The molecule has 3 aromatic rings. The monoisotopic (exact) mass is 484 g/mol. The summed E-state index contributed by atoms with van der Waals surface area (Å²) in [6.45, 7) is 0.920. The molecule has 9 heteroatoms. The number of pyridine rings is 1. The van der Waals surface area contributed by atoms with Crippen molar-refractivity contribution in [1.82, 2.24) is 9.29 Å². The van der Waals surface area contributed by atoms with E-state index in [0.717, 1.165) is 37.5 Å². The number of fused-ring (bicyclic) bond motifs is 2. The lowest BCUT2D eigenvalue weighted by Crippen LogP contribution is -2.42. The van der Waals surface area contributed by atoms with Crippen molar-refractivity contribution in [2.24, 2.45) is 0 Å². The van der Waals surface area contributed by atoms with Crippen molar-refractivity contribution >= 4 is 20.9 Å². The van der Waals surface area contributed by atoms with Gasteiger partial charge in [-0.2, -0.15) is 4.31 Å². The van der Waals surface area contributed by atoms with E-state index >= 15 is 0 Å². The predicted octanol–water partition coefficient (Wildman–Crippen LogP) is 3.83. The Hall–Kier alpha value is -3.04. The van der Waals surface area contributed by atoms with Crippen LogP contribution in [0, 0.1) is 0 Å². The lowest BCUT2D eigenvalue weighted by atomic mass is 9.95. The number of nitrogens with zero attached hydrogens (tertiary/aromatic N) is 1. The van der Waals surface area contributed by atoms with Gasteiger partial charge >= 0.3 is 0 Å². The van der Waals surface area contributed by atoms with Crippen LogP contribution in [0.3, 0.4) is 0 Å². The van der Waals surface area contributed by atoms with Gasteiger partial charge in [0, 0.05) is 29.6 Å². The SMILES string of the molecule is COc1ccc(S(=O)(=O)N(Cc2cc3cc4c(cc3[nH]c2=O)OCCO4)C2CCCCC2)cc1. The van der Waals surface area contributed by atoms with E-state index in [1.807, 2.05) is 6.07 Å². The Kier molecular flexibility index (Phi) is 6.22. The zero-order valence-electron chi connectivity index (χ0n) is 19.1. The molecule has 1 aliphatic heterocycles. The summed E-state index contributed by atoms with van der Waals surface area (Å²) in [5.41, 5.74) is 0.710. The number of aromatic nitrogens is 1. The molecule has 1 aliphatic carbocycles. The third-order valence-electron chi connectivity index (χ3n) is 6.56. The Morgan fingerprint density at radius 1 is 1.00 bits per heavy atom. The van der Waals surface area contributed by atoms with Crippen LogP contribution < -0.4 is 19.8 Å². The summed E-state index contributed by atoms with van der Waals surface area (Å²) < 4.78 is 45.4. The van der Waals surface area contributed by atoms with Crippen LogP contribution in [0.15, 0.2) is 52.2 Å². The molecule has 1 aromatic heterocycles. The van der Waals surface area contributed by atoms with E-state index < -0.39 is 10.0 Å². The molecule has 0 unspecified atom stereocenters. The Labute approximate surface area is 198 Å². The van der Waals surface area contributed by atoms with Crippen LogP contribution in [-0.2, 0) is 16.6 Å². The summed E-state index contributed by atoms with van der Waals surface area (Å²) in [7, 11) is -2.29. The van der Waals surface area contributed by atoms with E-state index in [2.05, 4.69) is 4.98 Å². The highest BCUT2D eigenvalue weighted by atomic mass is 32.2. The molecule has 8 nitrogen and oxygen atoms in total. The van der Waals surface area contributed by atoms with Crippen molar-refractivity contribution in [3.8, 4) is 17.2 Å². The van der Waals surface area contributed by atoms with E-state index in [1.165, 1.54) is 11.4 Å². The van der Waals surface area contributed by atoms with Gasteiger partial charge in [-0.05, 0) is 49.2 Å². The number of hydrogen-bond acceptors (Lipinski definition) is 6. The van der Waals surface area contributed by atoms with Gasteiger partial charge in [-0.25, -0.2) is 8.42 Å². The Morgan fingerprint density at radius 3 is 2.35 bits per heavy atom. The van der Waals surface area contributed by atoms with E-state index in [9.17, 15) is 13.2 Å². The van der Waals surface area contributed by atoms with Crippen molar-refractivity contribution in [3.05, 3.63) is 58.4 Å². The Bertz CT molecular complexity index is 1340. The molecule has 0 amide bonds. The van der Waals surface area contributed by atoms with Crippen molar-refractivity contribution in [1.29, 1.82) is 0 Å². The number of benzene rings is 2. The third-order valence-corrected chi connectivity index (χ3v) is 8.47. The predicted molar refractivity (Wildman–Crippen MR) is 128 cm³/mol. The van der Waals surface area contributed by atoms with Gasteiger partial charge in [-0.15, -0.1) is 0 Å². The largest absolute Gasteiger partial charge is 0.497 e. The van der Waals surface area contributed by atoms with Crippen LogP contribution in [0.2, 0.25) is 0 Å². The molecule has 1 N–H and O–H groups in total. The van der Waals surface area contributed by atoms with Crippen LogP contribution in [0.5, 0.6) is 17.2 Å². The average molecular weight is 485 g/mol. The zero-order chi connectivity index (χ0) is 23.7. The molecule has 2 aliphatic rings. The molecule has 1 fully saturated rings. The molecule has 2 heterocycles. The van der Waals surface area contributed by atoms with Crippen LogP contribution >= 0.6 is 0 Å². The van der Waals surface area contributed by atoms with Crippen LogP contribution in [-0.4, -0.2) is 44.1 Å². The Morgan fingerprint density at radius 2 is 1.68 bits per heavy atom. The summed E-state index contributed by atoms with van der Waals surface area (Å²) in [4.78, 5) is 16.1. The summed E-state index contributed by atoms with van der Waals surface area (Å²) in [5.74, 6) is 1.79. The van der Waals surface area contributed by atoms with Crippen molar-refractivity contribution in [3.63, 3.8) is 0 Å². The quantitative estimate of drug-likeness (QED) is 0.571. The van der Waals surface area contributed by atoms with Gasteiger partial charge in [0.05, 0.1) is 17.5 Å². The number of methoxy groups -OCH3 is 1. The fraction of sp³-hybridized carbons (Fsp3) is 0.400. The van der Waals surface area contributed by atoms with Crippen LogP contribution in [0.25, 0.3) is 10.9 Å². The molecule has 34 heavy (non-hydrogen) atoms. The second kappa shape index (κ2) is 9.31. The summed E-state index contributed by atoms with van der Waals surface area (Å²) in [6, 6.07) is 11.6. The summed E-state index contributed by atoms with van der Waals surface area (Å²) >= 11 is 0. The maximum Gasteiger partial charge on any atom is 0.252 e. The van der Waals surface area contributed by atoms with Crippen molar-refractivity contribution in [2.75, 3.05) is 20.3 Å². The summed E-state index contributed by atoms with van der Waals surface area (Å²) in [5, 5.41) is 0.768. The third kappa shape index (κ3) is 4.37. The highest BCUT2D eigenvalue weighted by Crippen LogP contribution is 2.34. The van der Waals surface area contributed by atoms with E-state index in [-0.39, 0.29) is 23.0 Å². The molecule has 1 saturated carbocycles. The molecule has 5 rings (SSSR count). The normalized spacial score (nSPS) is 16.6. The lowest BCUT2D eigenvalue weighted by Gasteiger charge is -2.33. The van der Waals surface area contributed by atoms with E-state index in [4.69, 9.17) is 14.2 Å². The number of nitrogens with one attached hydrogen (secondary N) is 1. The summed E-state index contributed by atoms with van der Waals surface area (Å²) in [6.07, 6.45) is 4.59. The highest BCUT2D eigenvalue weighted by Gasteiger charge is 2.33. The molecular formula is C25H28N2O6S. The van der Waals surface area contributed by atoms with Crippen LogP contribution in [0.4, 0.5) is 0 Å². The number of aromatic amines is 1. The lowest BCUT2D eigenvalue weighted by molar-refractivity contribution is 0.172. The van der Waals surface area contributed by atoms with Gasteiger partial charge < -0.3 is 19.2 Å². The first kappa shape index (κ1) is 22.7. The minimum Gasteiger partial charge on any atom is -0.497 e.